The number of hydrogen-bond acceptors (Lipinski definition) is 4. The van der Waals surface area contributed by atoms with Gasteiger partial charge in [-0.15, -0.1) is 5.10 Å². The lowest BCUT2D eigenvalue weighted by molar-refractivity contribution is 0.417. The number of nitrogens with zero attached hydrogens (tertiary/aromatic N) is 2. The Bertz CT molecular complexity index is 560. The van der Waals surface area contributed by atoms with Crippen LogP contribution in [-0.2, 0) is 0 Å². The van der Waals surface area contributed by atoms with Gasteiger partial charge in [0, 0.05) is 18.2 Å². The Labute approximate surface area is 96.0 Å². The van der Waals surface area contributed by atoms with Crippen molar-refractivity contribution in [3.05, 3.63) is 41.6 Å². The number of rotatable bonds is 2. The summed E-state index contributed by atoms with van der Waals surface area (Å²) in [6, 6.07) is 3.28. The zero-order valence-electron chi connectivity index (χ0n) is 8.95. The molecule has 2 aromatic rings. The maximum atomic E-state index is 13.4. The van der Waals surface area contributed by atoms with E-state index in [-0.39, 0.29) is 17.3 Å². The summed E-state index contributed by atoms with van der Waals surface area (Å²) < 4.78 is 31.6. The molecule has 4 nitrogen and oxygen atoms in total. The lowest BCUT2D eigenvalue weighted by atomic mass is 10.3. The van der Waals surface area contributed by atoms with Gasteiger partial charge in [0.05, 0.1) is 11.9 Å². The van der Waals surface area contributed by atoms with Gasteiger partial charge in [0.2, 0.25) is 5.88 Å². The predicted octanol–water partition coefficient (Wildman–Crippen LogP) is 2.44. The molecular formula is C11H9F2N3O. The van der Waals surface area contributed by atoms with E-state index in [0.717, 1.165) is 17.7 Å². The molecule has 0 saturated heterocycles. The van der Waals surface area contributed by atoms with E-state index in [1.54, 1.807) is 13.0 Å². The van der Waals surface area contributed by atoms with E-state index in [1.807, 2.05) is 0 Å². The second kappa shape index (κ2) is 4.32. The Hall–Kier alpha value is -2.24. The molecule has 1 aromatic carbocycles. The largest absolute Gasteiger partial charge is 0.434 e. The average Bonchev–Trinajstić information content (AvgIpc) is 2.26. The normalized spacial score (nSPS) is 10.3. The summed E-state index contributed by atoms with van der Waals surface area (Å²) in [5.41, 5.74) is 5.73. The van der Waals surface area contributed by atoms with Crippen molar-refractivity contribution in [3.63, 3.8) is 0 Å². The van der Waals surface area contributed by atoms with Crippen LogP contribution in [0.15, 0.2) is 24.4 Å². The molecule has 88 valence electrons. The van der Waals surface area contributed by atoms with E-state index in [0.29, 0.717) is 0 Å². The molecule has 0 bridgehead atoms. The van der Waals surface area contributed by atoms with E-state index >= 15 is 0 Å². The van der Waals surface area contributed by atoms with Gasteiger partial charge >= 0.3 is 0 Å². The Balaban J connectivity index is 2.33. The number of benzene rings is 1. The number of ether oxygens (including phenoxy) is 1. The fourth-order valence-corrected chi connectivity index (χ4v) is 1.22. The number of aromatic nitrogens is 2. The molecule has 0 amide bonds. The van der Waals surface area contributed by atoms with Gasteiger partial charge in [-0.3, -0.25) is 0 Å². The van der Waals surface area contributed by atoms with E-state index in [1.165, 1.54) is 6.20 Å². The van der Waals surface area contributed by atoms with Crippen molar-refractivity contribution in [3.8, 4) is 11.6 Å². The molecule has 0 aliphatic heterocycles. The van der Waals surface area contributed by atoms with Gasteiger partial charge in [-0.2, -0.15) is 5.10 Å². The molecule has 17 heavy (non-hydrogen) atoms. The van der Waals surface area contributed by atoms with Crippen molar-refractivity contribution in [2.75, 3.05) is 5.73 Å². The fraction of sp³-hybridized carbons (Fsp3) is 0.0909. The molecule has 6 heteroatoms. The lowest BCUT2D eigenvalue weighted by Crippen LogP contribution is -1.97. The molecule has 0 radical (unpaired) electrons. The van der Waals surface area contributed by atoms with Gasteiger partial charge in [-0.1, -0.05) is 0 Å². The van der Waals surface area contributed by atoms with Gasteiger partial charge in [-0.05, 0) is 12.5 Å². The van der Waals surface area contributed by atoms with Crippen LogP contribution in [0.2, 0.25) is 0 Å². The number of halogens is 2. The van der Waals surface area contributed by atoms with Crippen molar-refractivity contribution in [1.82, 2.24) is 10.2 Å². The van der Waals surface area contributed by atoms with Gasteiger partial charge in [0.1, 0.15) is 5.82 Å². The lowest BCUT2D eigenvalue weighted by Gasteiger charge is -2.06. The summed E-state index contributed by atoms with van der Waals surface area (Å²) >= 11 is 0. The smallest absolute Gasteiger partial charge is 0.239 e. The molecular weight excluding hydrogens is 228 g/mol. The molecule has 0 saturated carbocycles. The minimum Gasteiger partial charge on any atom is -0.434 e. The van der Waals surface area contributed by atoms with Crippen LogP contribution in [0, 0.1) is 18.6 Å². The molecule has 0 aliphatic rings. The van der Waals surface area contributed by atoms with Gasteiger partial charge in [0.15, 0.2) is 11.6 Å². The first-order chi connectivity index (χ1) is 8.06. The molecule has 2 rings (SSSR count). The third-order valence-corrected chi connectivity index (χ3v) is 2.03. The second-order valence-corrected chi connectivity index (χ2v) is 3.48. The van der Waals surface area contributed by atoms with Crippen LogP contribution >= 0.6 is 0 Å². The minimum absolute atomic E-state index is 0.0908. The van der Waals surface area contributed by atoms with Crippen LogP contribution in [-0.4, -0.2) is 10.2 Å². The Morgan fingerprint density at radius 3 is 2.65 bits per heavy atom. The molecule has 0 fully saturated rings. The van der Waals surface area contributed by atoms with Crippen molar-refractivity contribution in [1.29, 1.82) is 0 Å². The first kappa shape index (κ1) is 11.3. The molecule has 2 N–H and O–H groups in total. The highest BCUT2D eigenvalue weighted by Crippen LogP contribution is 2.26. The highest BCUT2D eigenvalue weighted by Gasteiger charge is 2.10. The number of aryl methyl sites for hydroxylation is 1. The van der Waals surface area contributed by atoms with E-state index in [9.17, 15) is 8.78 Å². The average molecular weight is 237 g/mol. The summed E-state index contributed by atoms with van der Waals surface area (Å²) in [4.78, 5) is 0. The standard InChI is InChI=1S/C11H9F2N3O/c1-6-2-11(16-15-5-6)17-10-4-7(12)9(14)3-8(10)13/h2-5H,14H2,1H3. The quantitative estimate of drug-likeness (QED) is 0.815. The maximum Gasteiger partial charge on any atom is 0.239 e. The summed E-state index contributed by atoms with van der Waals surface area (Å²) in [6.45, 7) is 1.78. The summed E-state index contributed by atoms with van der Waals surface area (Å²) in [7, 11) is 0. The molecule has 1 aromatic heterocycles. The number of anilines is 1. The first-order valence-corrected chi connectivity index (χ1v) is 4.78. The van der Waals surface area contributed by atoms with Crippen LogP contribution < -0.4 is 10.5 Å². The number of nitrogen functional groups attached to an aromatic ring is 1. The van der Waals surface area contributed by atoms with Gasteiger partial charge < -0.3 is 10.5 Å². The highest BCUT2D eigenvalue weighted by atomic mass is 19.1. The molecule has 0 spiro atoms. The summed E-state index contributed by atoms with van der Waals surface area (Å²) in [5, 5.41) is 7.27. The van der Waals surface area contributed by atoms with Crippen molar-refractivity contribution in [2.45, 2.75) is 6.92 Å². The van der Waals surface area contributed by atoms with Gasteiger partial charge in [0.25, 0.3) is 0 Å². The SMILES string of the molecule is Cc1cnnc(Oc2cc(F)c(N)cc2F)c1. The molecule has 1 heterocycles. The monoisotopic (exact) mass is 237 g/mol. The summed E-state index contributed by atoms with van der Waals surface area (Å²) in [6.07, 6.45) is 1.52. The number of nitrogens with two attached hydrogens (primary N) is 1. The van der Waals surface area contributed by atoms with E-state index < -0.39 is 11.6 Å². The van der Waals surface area contributed by atoms with Crippen LogP contribution in [0.25, 0.3) is 0 Å². The van der Waals surface area contributed by atoms with Crippen LogP contribution in [0.4, 0.5) is 14.5 Å². The topological polar surface area (TPSA) is 61.0 Å². The van der Waals surface area contributed by atoms with Crippen molar-refractivity contribution in [2.24, 2.45) is 0 Å². The maximum absolute atomic E-state index is 13.4. The van der Waals surface area contributed by atoms with Crippen LogP contribution in [0.3, 0.4) is 0 Å². The van der Waals surface area contributed by atoms with Crippen molar-refractivity contribution < 1.29 is 13.5 Å². The Morgan fingerprint density at radius 1 is 1.18 bits per heavy atom. The van der Waals surface area contributed by atoms with Crippen molar-refractivity contribution >= 4 is 5.69 Å². The first-order valence-electron chi connectivity index (χ1n) is 4.78. The fourth-order valence-electron chi connectivity index (χ4n) is 1.22. The van der Waals surface area contributed by atoms with Crippen LogP contribution in [0.1, 0.15) is 5.56 Å². The Kier molecular flexibility index (Phi) is 2.86. The van der Waals surface area contributed by atoms with Gasteiger partial charge in [-0.25, -0.2) is 8.78 Å². The summed E-state index contributed by atoms with van der Waals surface area (Å²) in [5.74, 6) is -1.70. The zero-order valence-corrected chi connectivity index (χ0v) is 8.95. The number of hydrogen-bond donors (Lipinski definition) is 1. The minimum atomic E-state index is -0.757. The molecule has 0 atom stereocenters. The third-order valence-electron chi connectivity index (χ3n) is 2.03. The van der Waals surface area contributed by atoms with Crippen LogP contribution in [0.5, 0.6) is 11.6 Å². The Morgan fingerprint density at radius 2 is 1.94 bits per heavy atom. The van der Waals surface area contributed by atoms with E-state index in [4.69, 9.17) is 10.5 Å². The molecule has 0 unspecified atom stereocenters. The second-order valence-electron chi connectivity index (χ2n) is 3.48. The molecule has 0 aliphatic carbocycles. The zero-order chi connectivity index (χ0) is 12.4. The third kappa shape index (κ3) is 2.47. The van der Waals surface area contributed by atoms with E-state index in [2.05, 4.69) is 10.2 Å². The predicted molar refractivity (Wildman–Crippen MR) is 57.6 cm³/mol. The highest BCUT2D eigenvalue weighted by molar-refractivity contribution is 5.45.